The lowest BCUT2D eigenvalue weighted by Crippen LogP contribution is -2.49. The van der Waals surface area contributed by atoms with Crippen LogP contribution in [0.4, 0.5) is 5.69 Å². The highest BCUT2D eigenvalue weighted by atomic mass is 16.2. The lowest BCUT2D eigenvalue weighted by Gasteiger charge is -2.36. The Balaban J connectivity index is 1.33. The minimum Gasteiger partial charge on any atom is -0.368 e. The first kappa shape index (κ1) is 24.4. The molecule has 0 aliphatic carbocycles. The third-order valence-corrected chi connectivity index (χ3v) is 6.55. The van der Waals surface area contributed by atoms with Crippen LogP contribution in [-0.2, 0) is 11.3 Å². The van der Waals surface area contributed by atoms with Gasteiger partial charge in [-0.3, -0.25) is 14.4 Å². The number of ketones is 1. The van der Waals surface area contributed by atoms with Gasteiger partial charge in [-0.15, -0.1) is 0 Å². The largest absolute Gasteiger partial charge is 0.368 e. The SMILES string of the molecule is CC(=O)c1ccc(N2CCN(C(=O)CCn3nc(-c4ccc(C(C)C)cc4)ccc3=O)CC2)cc1. The summed E-state index contributed by atoms with van der Waals surface area (Å²) in [5, 5.41) is 4.51. The Labute approximate surface area is 206 Å². The molecule has 0 saturated carbocycles. The van der Waals surface area contributed by atoms with Crippen molar-refractivity contribution in [1.82, 2.24) is 14.7 Å². The van der Waals surface area contributed by atoms with Gasteiger partial charge < -0.3 is 9.80 Å². The molecule has 1 saturated heterocycles. The van der Waals surface area contributed by atoms with Gasteiger partial charge in [0.2, 0.25) is 5.91 Å². The number of nitrogens with zero attached hydrogens (tertiary/aromatic N) is 4. The molecule has 182 valence electrons. The molecule has 1 amide bonds. The molecular formula is C28H32N4O3. The van der Waals surface area contributed by atoms with Crippen molar-refractivity contribution >= 4 is 17.4 Å². The molecule has 2 aromatic carbocycles. The van der Waals surface area contributed by atoms with Crippen LogP contribution in [0.2, 0.25) is 0 Å². The van der Waals surface area contributed by atoms with E-state index in [2.05, 4.69) is 36.0 Å². The lowest BCUT2D eigenvalue weighted by molar-refractivity contribution is -0.131. The molecule has 0 unspecified atom stereocenters. The fourth-order valence-corrected chi connectivity index (χ4v) is 4.28. The van der Waals surface area contributed by atoms with Gasteiger partial charge in [0, 0.05) is 55.5 Å². The topological polar surface area (TPSA) is 75.5 Å². The van der Waals surface area contributed by atoms with Gasteiger partial charge in [0.15, 0.2) is 5.78 Å². The zero-order valence-electron chi connectivity index (χ0n) is 20.6. The average molecular weight is 473 g/mol. The zero-order valence-corrected chi connectivity index (χ0v) is 20.6. The van der Waals surface area contributed by atoms with Crippen LogP contribution in [0, 0.1) is 0 Å². The lowest BCUT2D eigenvalue weighted by atomic mass is 10.0. The molecule has 0 N–H and O–H groups in total. The Morgan fingerprint density at radius 3 is 2.14 bits per heavy atom. The predicted molar refractivity (Wildman–Crippen MR) is 138 cm³/mol. The third-order valence-electron chi connectivity index (χ3n) is 6.55. The Morgan fingerprint density at radius 2 is 1.54 bits per heavy atom. The second-order valence-electron chi connectivity index (χ2n) is 9.28. The van der Waals surface area contributed by atoms with Crippen molar-refractivity contribution in [1.29, 1.82) is 0 Å². The number of carbonyl (C=O) groups is 2. The molecule has 1 aromatic heterocycles. The molecule has 7 nitrogen and oxygen atoms in total. The molecule has 35 heavy (non-hydrogen) atoms. The molecule has 1 fully saturated rings. The van der Waals surface area contributed by atoms with E-state index in [0.717, 1.165) is 30.0 Å². The van der Waals surface area contributed by atoms with Crippen LogP contribution >= 0.6 is 0 Å². The normalized spacial score (nSPS) is 13.8. The van der Waals surface area contributed by atoms with Crippen molar-refractivity contribution < 1.29 is 9.59 Å². The van der Waals surface area contributed by atoms with Crippen LogP contribution in [-0.4, -0.2) is 52.5 Å². The summed E-state index contributed by atoms with van der Waals surface area (Å²) in [7, 11) is 0. The van der Waals surface area contributed by atoms with Gasteiger partial charge >= 0.3 is 0 Å². The number of carbonyl (C=O) groups excluding carboxylic acids is 2. The number of aromatic nitrogens is 2. The van der Waals surface area contributed by atoms with E-state index in [4.69, 9.17) is 0 Å². The van der Waals surface area contributed by atoms with Gasteiger partial charge in [-0.05, 0) is 48.7 Å². The summed E-state index contributed by atoms with van der Waals surface area (Å²) < 4.78 is 1.39. The molecule has 0 spiro atoms. The number of rotatable bonds is 7. The smallest absolute Gasteiger partial charge is 0.266 e. The van der Waals surface area contributed by atoms with Crippen molar-refractivity contribution in [2.45, 2.75) is 39.7 Å². The zero-order chi connectivity index (χ0) is 24.9. The van der Waals surface area contributed by atoms with Crippen LogP contribution < -0.4 is 10.5 Å². The standard InChI is InChI=1S/C28H32N4O3/c1-20(2)22-4-6-24(7-5-22)26-12-13-28(35)32(29-26)15-14-27(34)31-18-16-30(17-19-31)25-10-8-23(9-11-25)21(3)33/h4-13,20H,14-19H2,1-3H3. The predicted octanol–water partition coefficient (Wildman–Crippen LogP) is 3.98. The number of aryl methyl sites for hydroxylation is 1. The highest BCUT2D eigenvalue weighted by molar-refractivity contribution is 5.94. The molecule has 3 aromatic rings. The minimum absolute atomic E-state index is 0.0250. The third kappa shape index (κ3) is 5.85. The number of amides is 1. The van der Waals surface area contributed by atoms with Crippen molar-refractivity contribution in [3.63, 3.8) is 0 Å². The van der Waals surface area contributed by atoms with Crippen molar-refractivity contribution in [2.75, 3.05) is 31.1 Å². The summed E-state index contributed by atoms with van der Waals surface area (Å²) in [5.74, 6) is 0.526. The van der Waals surface area contributed by atoms with E-state index in [0.29, 0.717) is 24.6 Å². The van der Waals surface area contributed by atoms with E-state index in [1.807, 2.05) is 41.3 Å². The van der Waals surface area contributed by atoms with Crippen LogP contribution in [0.5, 0.6) is 0 Å². The van der Waals surface area contributed by atoms with Gasteiger partial charge in [0.1, 0.15) is 0 Å². The van der Waals surface area contributed by atoms with Gasteiger partial charge in [0.25, 0.3) is 5.56 Å². The number of Topliss-reactive ketones (excluding diaryl/α,β-unsaturated/α-hetero) is 1. The Hall–Kier alpha value is -3.74. The fraction of sp³-hybridized carbons (Fsp3) is 0.357. The molecule has 0 bridgehead atoms. The maximum absolute atomic E-state index is 12.8. The molecule has 1 aliphatic heterocycles. The van der Waals surface area contributed by atoms with E-state index < -0.39 is 0 Å². The highest BCUT2D eigenvalue weighted by Gasteiger charge is 2.21. The van der Waals surface area contributed by atoms with Crippen molar-refractivity contribution in [3.05, 3.63) is 82.1 Å². The van der Waals surface area contributed by atoms with E-state index in [-0.39, 0.29) is 30.2 Å². The summed E-state index contributed by atoms with van der Waals surface area (Å²) in [6.07, 6.45) is 0.232. The Morgan fingerprint density at radius 1 is 0.886 bits per heavy atom. The maximum atomic E-state index is 12.8. The second-order valence-corrected chi connectivity index (χ2v) is 9.28. The number of hydrogen-bond donors (Lipinski definition) is 0. The number of hydrogen-bond acceptors (Lipinski definition) is 5. The summed E-state index contributed by atoms with van der Waals surface area (Å²) >= 11 is 0. The first-order valence-corrected chi connectivity index (χ1v) is 12.1. The second kappa shape index (κ2) is 10.7. The van der Waals surface area contributed by atoms with Crippen LogP contribution in [0.3, 0.4) is 0 Å². The summed E-state index contributed by atoms with van der Waals surface area (Å²) in [6, 6.07) is 19.0. The molecule has 2 heterocycles. The summed E-state index contributed by atoms with van der Waals surface area (Å²) in [5.41, 5.74) is 4.46. The van der Waals surface area contributed by atoms with E-state index in [9.17, 15) is 14.4 Å². The average Bonchev–Trinajstić information content (AvgIpc) is 2.88. The van der Waals surface area contributed by atoms with Crippen molar-refractivity contribution in [3.8, 4) is 11.3 Å². The maximum Gasteiger partial charge on any atom is 0.266 e. The highest BCUT2D eigenvalue weighted by Crippen LogP contribution is 2.21. The molecule has 1 aliphatic rings. The molecule has 4 rings (SSSR count). The van der Waals surface area contributed by atoms with Gasteiger partial charge in [-0.1, -0.05) is 38.1 Å². The van der Waals surface area contributed by atoms with Crippen LogP contribution in [0.25, 0.3) is 11.3 Å². The summed E-state index contributed by atoms with van der Waals surface area (Å²) in [4.78, 5) is 40.7. The molecule has 7 heteroatoms. The molecule has 0 radical (unpaired) electrons. The van der Waals surface area contributed by atoms with Crippen LogP contribution in [0.15, 0.2) is 65.5 Å². The number of piperazine rings is 1. The minimum atomic E-state index is -0.209. The Kier molecular flexibility index (Phi) is 7.44. The van der Waals surface area contributed by atoms with Gasteiger partial charge in [-0.25, -0.2) is 4.68 Å². The fourth-order valence-electron chi connectivity index (χ4n) is 4.28. The summed E-state index contributed by atoms with van der Waals surface area (Å²) in [6.45, 7) is 8.81. The number of benzene rings is 2. The number of anilines is 1. The van der Waals surface area contributed by atoms with Gasteiger partial charge in [-0.2, -0.15) is 5.10 Å². The van der Waals surface area contributed by atoms with Crippen molar-refractivity contribution in [2.24, 2.45) is 0 Å². The monoisotopic (exact) mass is 472 g/mol. The van der Waals surface area contributed by atoms with E-state index >= 15 is 0 Å². The first-order valence-electron chi connectivity index (χ1n) is 12.1. The molecule has 0 atom stereocenters. The van der Waals surface area contributed by atoms with Crippen LogP contribution in [0.1, 0.15) is 49.0 Å². The first-order chi connectivity index (χ1) is 16.8. The Bertz CT molecular complexity index is 1240. The quantitative estimate of drug-likeness (QED) is 0.487. The van der Waals surface area contributed by atoms with Gasteiger partial charge in [0.05, 0.1) is 12.2 Å². The van der Waals surface area contributed by atoms with E-state index in [1.54, 1.807) is 13.0 Å². The van der Waals surface area contributed by atoms with E-state index in [1.165, 1.54) is 16.3 Å². The molecular weight excluding hydrogens is 440 g/mol.